The summed E-state index contributed by atoms with van der Waals surface area (Å²) in [6.07, 6.45) is 0.457. The highest BCUT2D eigenvalue weighted by molar-refractivity contribution is 5.95. The molecule has 0 atom stereocenters. The van der Waals surface area contributed by atoms with Crippen LogP contribution in [0.15, 0.2) is 12.1 Å². The van der Waals surface area contributed by atoms with Crippen molar-refractivity contribution >= 4 is 17.3 Å². The molecule has 0 radical (unpaired) electrons. The molecule has 2 aliphatic heterocycles. The van der Waals surface area contributed by atoms with E-state index in [0.717, 1.165) is 51.6 Å². The molecule has 0 bridgehead atoms. The molecule has 7 nitrogen and oxygen atoms in total. The number of aromatic nitrogens is 1. The van der Waals surface area contributed by atoms with E-state index in [-0.39, 0.29) is 5.78 Å². The van der Waals surface area contributed by atoms with Crippen LogP contribution in [0.5, 0.6) is 0 Å². The van der Waals surface area contributed by atoms with Crippen LogP contribution >= 0.6 is 0 Å². The highest BCUT2D eigenvalue weighted by atomic mass is 16.5. The van der Waals surface area contributed by atoms with Crippen LogP contribution in [0.25, 0.3) is 0 Å². The van der Waals surface area contributed by atoms with Gasteiger partial charge in [-0.1, -0.05) is 0 Å². The second kappa shape index (κ2) is 7.72. The average molecular weight is 320 g/mol. The zero-order valence-corrected chi connectivity index (χ0v) is 13.4. The van der Waals surface area contributed by atoms with Crippen molar-refractivity contribution in [2.45, 2.75) is 6.42 Å². The third kappa shape index (κ3) is 4.40. The van der Waals surface area contributed by atoms with Crippen LogP contribution in [0.4, 0.5) is 11.5 Å². The van der Waals surface area contributed by atoms with Crippen molar-refractivity contribution in [2.75, 3.05) is 69.8 Å². The second-order valence-electron chi connectivity index (χ2n) is 5.86. The largest absolute Gasteiger partial charge is 0.384 e. The van der Waals surface area contributed by atoms with Crippen molar-refractivity contribution in [3.05, 3.63) is 17.8 Å². The van der Waals surface area contributed by atoms with Crippen LogP contribution < -0.4 is 10.6 Å². The maximum atomic E-state index is 12.5. The van der Waals surface area contributed by atoms with E-state index in [1.165, 1.54) is 0 Å². The number of hydrogen-bond acceptors (Lipinski definition) is 7. The first-order valence-electron chi connectivity index (χ1n) is 8.16. The molecule has 126 valence electrons. The Kier molecular flexibility index (Phi) is 5.43. The van der Waals surface area contributed by atoms with Crippen molar-refractivity contribution in [3.8, 4) is 0 Å². The molecule has 2 saturated heterocycles. The predicted molar refractivity (Wildman–Crippen MR) is 87.9 cm³/mol. The summed E-state index contributed by atoms with van der Waals surface area (Å²) in [5, 5.41) is 0. The van der Waals surface area contributed by atoms with Gasteiger partial charge in [-0.3, -0.25) is 9.69 Å². The number of ketones is 1. The molecule has 23 heavy (non-hydrogen) atoms. The number of Topliss-reactive ketones (excluding diaryl/α,β-unsaturated/α-hetero) is 1. The zero-order valence-electron chi connectivity index (χ0n) is 13.4. The van der Waals surface area contributed by atoms with Crippen LogP contribution in [0, 0.1) is 0 Å². The monoisotopic (exact) mass is 320 g/mol. The highest BCUT2D eigenvalue weighted by Crippen LogP contribution is 2.20. The first-order valence-corrected chi connectivity index (χ1v) is 8.16. The molecular weight excluding hydrogens is 296 g/mol. The van der Waals surface area contributed by atoms with Crippen LogP contribution in [0.2, 0.25) is 0 Å². The summed E-state index contributed by atoms with van der Waals surface area (Å²) in [5.41, 5.74) is 7.31. The Morgan fingerprint density at radius 2 is 1.74 bits per heavy atom. The third-order valence-electron chi connectivity index (χ3n) is 4.25. The molecule has 0 aromatic carbocycles. The number of anilines is 2. The van der Waals surface area contributed by atoms with E-state index in [1.807, 2.05) is 12.1 Å². The lowest BCUT2D eigenvalue weighted by Gasteiger charge is -2.29. The van der Waals surface area contributed by atoms with Gasteiger partial charge in [0.25, 0.3) is 0 Å². The van der Waals surface area contributed by atoms with Gasteiger partial charge < -0.3 is 20.1 Å². The summed E-state index contributed by atoms with van der Waals surface area (Å²) < 4.78 is 10.7. The molecule has 0 spiro atoms. The quantitative estimate of drug-likeness (QED) is 0.787. The van der Waals surface area contributed by atoms with E-state index < -0.39 is 0 Å². The molecule has 2 fully saturated rings. The van der Waals surface area contributed by atoms with E-state index in [2.05, 4.69) is 14.8 Å². The van der Waals surface area contributed by atoms with Crippen LogP contribution in [-0.4, -0.2) is 74.8 Å². The number of nitrogens with zero attached hydrogens (tertiary/aromatic N) is 3. The van der Waals surface area contributed by atoms with Crippen molar-refractivity contribution in [2.24, 2.45) is 0 Å². The number of nitrogen functional groups attached to an aromatic ring is 1. The van der Waals surface area contributed by atoms with Gasteiger partial charge in [-0.2, -0.15) is 0 Å². The summed E-state index contributed by atoms with van der Waals surface area (Å²) in [4.78, 5) is 21.1. The number of rotatable bonds is 5. The number of nitrogens with two attached hydrogens (primary N) is 1. The van der Waals surface area contributed by atoms with Crippen molar-refractivity contribution in [1.29, 1.82) is 0 Å². The van der Waals surface area contributed by atoms with Gasteiger partial charge in [0.15, 0.2) is 5.78 Å². The molecule has 0 unspecified atom stereocenters. The number of pyridine rings is 1. The molecule has 1 aromatic rings. The Morgan fingerprint density at radius 3 is 2.43 bits per heavy atom. The standard InChI is InChI=1S/C16H24N4O3/c17-16-12-13(20-5-9-23-10-6-20)11-14(18-16)15(21)1-2-19-3-7-22-8-4-19/h11-12H,1-10H2,(H2,17,18). The number of morpholine rings is 2. The molecule has 7 heteroatoms. The van der Waals surface area contributed by atoms with Gasteiger partial charge >= 0.3 is 0 Å². The molecule has 0 aliphatic carbocycles. The van der Waals surface area contributed by atoms with E-state index in [9.17, 15) is 4.79 Å². The number of carbonyl (C=O) groups is 1. The third-order valence-corrected chi connectivity index (χ3v) is 4.25. The fraction of sp³-hybridized carbons (Fsp3) is 0.625. The molecule has 0 amide bonds. The first kappa shape index (κ1) is 16.2. The summed E-state index contributed by atoms with van der Waals surface area (Å²) in [6, 6.07) is 3.67. The Balaban J connectivity index is 1.63. The van der Waals surface area contributed by atoms with Crippen LogP contribution in [0.3, 0.4) is 0 Å². The van der Waals surface area contributed by atoms with Crippen molar-refractivity contribution in [1.82, 2.24) is 9.88 Å². The van der Waals surface area contributed by atoms with Crippen molar-refractivity contribution < 1.29 is 14.3 Å². The molecule has 2 aliphatic rings. The van der Waals surface area contributed by atoms with E-state index >= 15 is 0 Å². The van der Waals surface area contributed by atoms with Crippen LogP contribution in [0.1, 0.15) is 16.9 Å². The molecule has 3 heterocycles. The summed E-state index contributed by atoms with van der Waals surface area (Å²) in [7, 11) is 0. The number of carbonyl (C=O) groups excluding carboxylic acids is 1. The lowest BCUT2D eigenvalue weighted by atomic mass is 10.1. The van der Waals surface area contributed by atoms with Gasteiger partial charge in [0.1, 0.15) is 11.5 Å². The smallest absolute Gasteiger partial charge is 0.182 e. The maximum Gasteiger partial charge on any atom is 0.182 e. The first-order chi connectivity index (χ1) is 11.2. The van der Waals surface area contributed by atoms with Gasteiger partial charge in [0.05, 0.1) is 26.4 Å². The molecule has 1 aromatic heterocycles. The normalized spacial score (nSPS) is 19.7. The SMILES string of the molecule is Nc1cc(N2CCOCC2)cc(C(=O)CCN2CCOCC2)n1. The van der Waals surface area contributed by atoms with E-state index in [1.54, 1.807) is 0 Å². The number of ether oxygens (including phenoxy) is 2. The molecular formula is C16H24N4O3. The average Bonchev–Trinajstić information content (AvgIpc) is 2.61. The Labute approximate surface area is 136 Å². The van der Waals surface area contributed by atoms with E-state index in [0.29, 0.717) is 31.1 Å². The van der Waals surface area contributed by atoms with E-state index in [4.69, 9.17) is 15.2 Å². The Bertz CT molecular complexity index is 540. The van der Waals surface area contributed by atoms with Gasteiger partial charge in [0, 0.05) is 50.9 Å². The van der Waals surface area contributed by atoms with Gasteiger partial charge in [0.2, 0.25) is 0 Å². The van der Waals surface area contributed by atoms with Gasteiger partial charge in [-0.15, -0.1) is 0 Å². The van der Waals surface area contributed by atoms with Crippen molar-refractivity contribution in [3.63, 3.8) is 0 Å². The Hall–Kier alpha value is -1.70. The lowest BCUT2D eigenvalue weighted by molar-refractivity contribution is 0.0369. The number of hydrogen-bond donors (Lipinski definition) is 1. The topological polar surface area (TPSA) is 80.9 Å². The van der Waals surface area contributed by atoms with Crippen LogP contribution in [-0.2, 0) is 9.47 Å². The minimum atomic E-state index is 0.0401. The fourth-order valence-corrected chi connectivity index (χ4v) is 2.90. The minimum absolute atomic E-state index is 0.0401. The summed E-state index contributed by atoms with van der Waals surface area (Å²) >= 11 is 0. The van der Waals surface area contributed by atoms with Gasteiger partial charge in [-0.05, 0) is 6.07 Å². The zero-order chi connectivity index (χ0) is 16.1. The minimum Gasteiger partial charge on any atom is -0.384 e. The fourth-order valence-electron chi connectivity index (χ4n) is 2.90. The maximum absolute atomic E-state index is 12.5. The Morgan fingerprint density at radius 1 is 1.09 bits per heavy atom. The second-order valence-corrected chi connectivity index (χ2v) is 5.86. The highest BCUT2D eigenvalue weighted by Gasteiger charge is 2.17. The van der Waals surface area contributed by atoms with Gasteiger partial charge in [-0.25, -0.2) is 4.98 Å². The summed E-state index contributed by atoms with van der Waals surface area (Å²) in [5.74, 6) is 0.432. The molecule has 2 N–H and O–H groups in total. The summed E-state index contributed by atoms with van der Waals surface area (Å²) in [6.45, 7) is 7.01. The molecule has 3 rings (SSSR count). The predicted octanol–water partition coefficient (Wildman–Crippen LogP) is 0.405. The lowest BCUT2D eigenvalue weighted by Crippen LogP contribution is -2.37. The molecule has 0 saturated carbocycles.